The van der Waals surface area contributed by atoms with Crippen LogP contribution in [0.15, 0.2) is 0 Å². The fourth-order valence-corrected chi connectivity index (χ4v) is 4.09. The predicted molar refractivity (Wildman–Crippen MR) is 93.2 cm³/mol. The maximum atomic E-state index is 10.8. The van der Waals surface area contributed by atoms with Crippen molar-refractivity contribution in [3.05, 3.63) is 0 Å². The molecule has 2 aliphatic heterocycles. The highest BCUT2D eigenvalue weighted by Crippen LogP contribution is 2.49. The highest BCUT2D eigenvalue weighted by molar-refractivity contribution is 5.09. The smallest absolute Gasteiger partial charge is 0.220 e. The summed E-state index contributed by atoms with van der Waals surface area (Å²) in [6, 6.07) is 0. The molecule has 3 aliphatic rings. The van der Waals surface area contributed by atoms with E-state index < -0.39 is 59.8 Å². The molecule has 0 radical (unpaired) electrons. The van der Waals surface area contributed by atoms with Crippen molar-refractivity contribution in [1.82, 2.24) is 0 Å². The van der Waals surface area contributed by atoms with Gasteiger partial charge in [0.15, 0.2) is 0 Å². The maximum Gasteiger partial charge on any atom is 0.220 e. The van der Waals surface area contributed by atoms with Crippen molar-refractivity contribution in [1.29, 1.82) is 0 Å². The van der Waals surface area contributed by atoms with Crippen LogP contribution < -0.4 is 0 Å². The first-order valence-corrected chi connectivity index (χ1v) is 9.23. The Hall–Kier alpha value is -0.400. The van der Waals surface area contributed by atoms with Crippen LogP contribution in [-0.2, 0) is 37.9 Å². The molecular weight excluding hydrogens is 376 g/mol. The summed E-state index contributed by atoms with van der Waals surface area (Å²) in [6.07, 6.45) is -6.24. The monoisotopic (exact) mass is 408 g/mol. The molecule has 2 saturated heterocycles. The molecule has 1 saturated carbocycles. The second-order valence-corrected chi connectivity index (χ2v) is 7.91. The van der Waals surface area contributed by atoms with Gasteiger partial charge in [0.2, 0.25) is 23.1 Å². The molecule has 10 nitrogen and oxygen atoms in total. The first-order chi connectivity index (χ1) is 12.9. The minimum absolute atomic E-state index is 0.840. The van der Waals surface area contributed by atoms with Gasteiger partial charge in [-0.15, -0.1) is 0 Å². The van der Waals surface area contributed by atoms with Gasteiger partial charge >= 0.3 is 0 Å². The largest absolute Gasteiger partial charge is 0.387 e. The van der Waals surface area contributed by atoms with Crippen LogP contribution in [0.1, 0.15) is 27.7 Å². The topological polar surface area (TPSA) is 114 Å². The van der Waals surface area contributed by atoms with Gasteiger partial charge in [0.05, 0.1) is 0 Å². The lowest BCUT2D eigenvalue weighted by Crippen LogP contribution is -2.79. The Labute approximate surface area is 164 Å². The molecule has 1 aliphatic carbocycles. The predicted octanol–water partition coefficient (Wildman–Crippen LogP) is -0.260. The Balaban J connectivity index is 2.01. The molecule has 3 fully saturated rings. The fraction of sp³-hybridized carbons (Fsp3) is 1.00. The minimum atomic E-state index is -1.34. The third-order valence-electron chi connectivity index (χ3n) is 6.65. The average molecular weight is 408 g/mol. The van der Waals surface area contributed by atoms with E-state index in [2.05, 4.69) is 0 Å². The van der Waals surface area contributed by atoms with E-state index in [4.69, 9.17) is 37.9 Å². The van der Waals surface area contributed by atoms with Gasteiger partial charge in [0, 0.05) is 28.4 Å². The van der Waals surface area contributed by atoms with E-state index >= 15 is 0 Å². The standard InChI is InChI=1S/C18H32O10/c1-15(21-5)17(3,23-7)27-13-11(25-15)9(19)10(20)12-14(13)28-18(4,24-8)16(2,22-6)26-12/h9-14,19-20H,1-8H3/t9-,10+,11-,12-,13+,14+,15?,16?,17?,18?/m1/s1. The first-order valence-electron chi connectivity index (χ1n) is 9.23. The van der Waals surface area contributed by atoms with E-state index in [-0.39, 0.29) is 0 Å². The van der Waals surface area contributed by atoms with Crippen LogP contribution in [0, 0.1) is 0 Å². The van der Waals surface area contributed by atoms with E-state index in [1.165, 1.54) is 28.4 Å². The number of rotatable bonds is 4. The number of aliphatic hydroxyl groups excluding tert-OH is 2. The summed E-state index contributed by atoms with van der Waals surface area (Å²) in [4.78, 5) is 0. The van der Waals surface area contributed by atoms with Crippen molar-refractivity contribution < 1.29 is 48.1 Å². The van der Waals surface area contributed by atoms with E-state index in [9.17, 15) is 10.2 Å². The van der Waals surface area contributed by atoms with E-state index in [0.717, 1.165) is 0 Å². The number of hydrogen-bond donors (Lipinski definition) is 2. The van der Waals surface area contributed by atoms with Gasteiger partial charge < -0.3 is 48.1 Å². The number of hydrogen-bond acceptors (Lipinski definition) is 10. The molecule has 10 atom stereocenters. The normalized spacial score (nSPS) is 56.8. The molecule has 2 N–H and O–H groups in total. The van der Waals surface area contributed by atoms with Gasteiger partial charge in [-0.25, -0.2) is 0 Å². The van der Waals surface area contributed by atoms with Crippen LogP contribution in [0.2, 0.25) is 0 Å². The maximum absolute atomic E-state index is 10.8. The second kappa shape index (κ2) is 7.09. The first kappa shape index (κ1) is 22.3. The molecule has 164 valence electrons. The quantitative estimate of drug-likeness (QED) is 0.645. The number of ether oxygens (including phenoxy) is 8. The zero-order valence-electron chi connectivity index (χ0n) is 17.6. The molecule has 28 heavy (non-hydrogen) atoms. The van der Waals surface area contributed by atoms with Gasteiger partial charge in [-0.1, -0.05) is 0 Å². The third-order valence-corrected chi connectivity index (χ3v) is 6.65. The molecule has 0 spiro atoms. The molecule has 0 bridgehead atoms. The Bertz CT molecular complexity index is 541. The lowest BCUT2D eigenvalue weighted by Gasteiger charge is -2.61. The zero-order valence-corrected chi connectivity index (χ0v) is 17.6. The second-order valence-electron chi connectivity index (χ2n) is 7.91. The van der Waals surface area contributed by atoms with E-state index in [1.807, 2.05) is 0 Å². The van der Waals surface area contributed by atoms with E-state index in [0.29, 0.717) is 0 Å². The SMILES string of the molecule is COC1(C)O[C@@H]2[C@H]3OC(C)(OC)C(C)(OC)O[C@@H]3[C@@H](O)[C@@H](O)[C@H]2OC1(C)OC. The molecule has 0 aromatic rings. The van der Waals surface area contributed by atoms with Gasteiger partial charge in [-0.3, -0.25) is 0 Å². The summed E-state index contributed by atoms with van der Waals surface area (Å²) in [5, 5.41) is 21.5. The van der Waals surface area contributed by atoms with Crippen molar-refractivity contribution in [2.75, 3.05) is 28.4 Å². The number of methoxy groups -OCH3 is 4. The molecule has 3 rings (SSSR count). The van der Waals surface area contributed by atoms with Gasteiger partial charge in [0.25, 0.3) is 0 Å². The van der Waals surface area contributed by atoms with Crippen molar-refractivity contribution in [2.45, 2.75) is 87.5 Å². The third kappa shape index (κ3) is 2.86. The van der Waals surface area contributed by atoms with Crippen LogP contribution in [0.3, 0.4) is 0 Å². The summed E-state index contributed by atoms with van der Waals surface area (Å²) in [5.41, 5.74) is 0. The lowest BCUT2D eigenvalue weighted by molar-refractivity contribution is -0.510. The summed E-state index contributed by atoms with van der Waals surface area (Å²) in [6.45, 7) is 6.60. The highest BCUT2D eigenvalue weighted by Gasteiger charge is 2.69. The van der Waals surface area contributed by atoms with Gasteiger partial charge in [-0.2, -0.15) is 0 Å². The molecule has 0 aromatic carbocycles. The van der Waals surface area contributed by atoms with Crippen molar-refractivity contribution >= 4 is 0 Å². The molecule has 10 heteroatoms. The van der Waals surface area contributed by atoms with Crippen LogP contribution in [-0.4, -0.2) is 98.4 Å². The Morgan fingerprint density at radius 3 is 0.929 bits per heavy atom. The van der Waals surface area contributed by atoms with E-state index in [1.54, 1.807) is 27.7 Å². The van der Waals surface area contributed by atoms with Crippen LogP contribution in [0.25, 0.3) is 0 Å². The fourth-order valence-electron chi connectivity index (χ4n) is 4.09. The summed E-state index contributed by atoms with van der Waals surface area (Å²) < 4.78 is 46.6. The summed E-state index contributed by atoms with van der Waals surface area (Å²) in [5.74, 6) is -5.30. The van der Waals surface area contributed by atoms with Crippen molar-refractivity contribution in [2.24, 2.45) is 0 Å². The zero-order chi connectivity index (χ0) is 21.1. The van der Waals surface area contributed by atoms with Gasteiger partial charge in [-0.05, 0) is 27.7 Å². The summed E-state index contributed by atoms with van der Waals surface area (Å²) >= 11 is 0. The molecule has 0 amide bonds. The average Bonchev–Trinajstić information content (AvgIpc) is 2.69. The number of fused-ring (bicyclic) bond motifs is 3. The van der Waals surface area contributed by atoms with Crippen molar-refractivity contribution in [3.63, 3.8) is 0 Å². The Morgan fingerprint density at radius 2 is 0.714 bits per heavy atom. The van der Waals surface area contributed by atoms with Crippen molar-refractivity contribution in [3.8, 4) is 0 Å². The lowest BCUT2D eigenvalue weighted by atomic mass is 9.81. The Morgan fingerprint density at radius 1 is 0.500 bits per heavy atom. The highest BCUT2D eigenvalue weighted by atomic mass is 16.8. The van der Waals surface area contributed by atoms with Crippen LogP contribution in [0.5, 0.6) is 0 Å². The molecular formula is C18H32O10. The van der Waals surface area contributed by atoms with Gasteiger partial charge in [0.1, 0.15) is 36.6 Å². The number of aliphatic hydroxyl groups is 2. The molecule has 2 heterocycles. The summed E-state index contributed by atoms with van der Waals surface area (Å²) in [7, 11) is 5.82. The molecule has 0 aromatic heterocycles. The van der Waals surface area contributed by atoms with Crippen LogP contribution >= 0.6 is 0 Å². The molecule has 4 unspecified atom stereocenters. The van der Waals surface area contributed by atoms with Crippen LogP contribution in [0.4, 0.5) is 0 Å². The minimum Gasteiger partial charge on any atom is -0.387 e. The Kier molecular flexibility index (Phi) is 5.64.